The van der Waals surface area contributed by atoms with Crippen molar-refractivity contribution in [3.8, 4) is 0 Å². The fraction of sp³-hybridized carbons (Fsp3) is 0.273. The Bertz CT molecular complexity index is 481. The van der Waals surface area contributed by atoms with E-state index in [4.69, 9.17) is 10.1 Å². The maximum absolute atomic E-state index is 12.4. The Hall–Kier alpha value is -1.54. The number of rotatable bonds is 6. The summed E-state index contributed by atoms with van der Waals surface area (Å²) in [6.45, 7) is 0. The van der Waals surface area contributed by atoms with Gasteiger partial charge in [0.15, 0.2) is 0 Å². The Kier molecular flexibility index (Phi) is 4.98. The molecule has 6 heteroatoms. The number of carbonyl (C=O) groups excluding carboxylic acids is 1. The maximum Gasteiger partial charge on any atom is 0.323 e. The van der Waals surface area contributed by atoms with Gasteiger partial charge in [-0.05, 0) is 12.1 Å². The summed E-state index contributed by atoms with van der Waals surface area (Å²) in [5.41, 5.74) is 8.19. The van der Waals surface area contributed by atoms with Gasteiger partial charge in [0.05, 0.1) is 0 Å². The number of ketones is 1. The molecule has 0 heterocycles. The van der Waals surface area contributed by atoms with Crippen LogP contribution in [0.5, 0.6) is 0 Å². The molecule has 1 aromatic carbocycles. The predicted molar refractivity (Wildman–Crippen MR) is 64.9 cm³/mol. The molecule has 0 fully saturated rings. The van der Waals surface area contributed by atoms with E-state index in [0.717, 1.165) is 6.21 Å². The summed E-state index contributed by atoms with van der Waals surface area (Å²) in [6, 6.07) is 8.74. The van der Waals surface area contributed by atoms with Crippen LogP contribution in [0.25, 0.3) is 5.53 Å². The highest BCUT2D eigenvalue weighted by Gasteiger charge is 2.25. The third-order valence-corrected chi connectivity index (χ3v) is 4.79. The Morgan fingerprint density at radius 3 is 2.65 bits per heavy atom. The quantitative estimate of drug-likeness (QED) is 0.333. The van der Waals surface area contributed by atoms with E-state index in [1.54, 1.807) is 24.3 Å². The van der Waals surface area contributed by atoms with Crippen molar-refractivity contribution in [1.82, 2.24) is 0 Å². The smallest absolute Gasteiger partial charge is 0.323 e. The Morgan fingerprint density at radius 2 is 2.12 bits per heavy atom. The van der Waals surface area contributed by atoms with Crippen LogP contribution in [0.15, 0.2) is 30.3 Å². The van der Waals surface area contributed by atoms with Gasteiger partial charge in [0.2, 0.25) is 13.2 Å². The van der Waals surface area contributed by atoms with E-state index in [0.29, 0.717) is 5.30 Å². The topological polar surface area (TPSA) is 79.8 Å². The molecule has 1 aromatic rings. The highest BCUT2D eigenvalue weighted by Crippen LogP contribution is 2.45. The van der Waals surface area contributed by atoms with Gasteiger partial charge in [-0.25, -0.2) is 0 Å². The molecule has 0 aliphatic heterocycles. The summed E-state index contributed by atoms with van der Waals surface area (Å²) in [5.74, 6) is -0.388. The number of hydrogen-bond donors (Lipinski definition) is 0. The lowest BCUT2D eigenvalue weighted by molar-refractivity contribution is -0.115. The summed E-state index contributed by atoms with van der Waals surface area (Å²) in [7, 11) is -1.63. The van der Waals surface area contributed by atoms with Crippen molar-refractivity contribution in [3.63, 3.8) is 0 Å². The Labute approximate surface area is 99.5 Å². The van der Waals surface area contributed by atoms with Crippen molar-refractivity contribution >= 4 is 24.7 Å². The van der Waals surface area contributed by atoms with Crippen LogP contribution in [0.2, 0.25) is 0 Å². The molecule has 0 saturated carbocycles. The summed E-state index contributed by atoms with van der Waals surface area (Å²) in [6.07, 6.45) is 0.910. The molecule has 1 unspecified atom stereocenters. The fourth-order valence-corrected chi connectivity index (χ4v) is 3.16. The van der Waals surface area contributed by atoms with E-state index < -0.39 is 7.37 Å². The molecule has 17 heavy (non-hydrogen) atoms. The van der Waals surface area contributed by atoms with Gasteiger partial charge in [-0.15, -0.1) is 0 Å². The van der Waals surface area contributed by atoms with E-state index in [2.05, 4.69) is 4.79 Å². The standard InChI is InChI=1S/C11H13N2O3P/c1-16-17(15,8-7-10(14)9-13-12)11-5-3-2-4-6-11/h2-6,9H,7-8H2,1H3. The average Bonchev–Trinajstić information content (AvgIpc) is 2.37. The van der Waals surface area contributed by atoms with Gasteiger partial charge < -0.3 is 10.1 Å². The van der Waals surface area contributed by atoms with Crippen LogP contribution in [0.1, 0.15) is 6.42 Å². The van der Waals surface area contributed by atoms with Crippen molar-refractivity contribution in [2.75, 3.05) is 13.3 Å². The molecule has 0 aliphatic carbocycles. The molecule has 0 N–H and O–H groups in total. The van der Waals surface area contributed by atoms with Crippen molar-refractivity contribution in [1.29, 1.82) is 0 Å². The second-order valence-electron chi connectivity index (χ2n) is 3.38. The van der Waals surface area contributed by atoms with Crippen LogP contribution in [0.3, 0.4) is 0 Å². The van der Waals surface area contributed by atoms with E-state index in [-0.39, 0.29) is 18.4 Å². The molecule has 1 rings (SSSR count). The van der Waals surface area contributed by atoms with Crippen LogP contribution in [0.4, 0.5) is 0 Å². The highest BCUT2D eigenvalue weighted by molar-refractivity contribution is 7.67. The normalized spacial score (nSPS) is 13.5. The lowest BCUT2D eigenvalue weighted by Gasteiger charge is -2.15. The first-order valence-corrected chi connectivity index (χ1v) is 6.84. The summed E-state index contributed by atoms with van der Waals surface area (Å²) < 4.78 is 17.5. The molecule has 90 valence electrons. The number of Topliss-reactive ketones (excluding diaryl/α,β-unsaturated/α-hetero) is 1. The van der Waals surface area contributed by atoms with Gasteiger partial charge in [-0.1, -0.05) is 18.2 Å². The second kappa shape index (κ2) is 6.26. The van der Waals surface area contributed by atoms with E-state index >= 15 is 0 Å². The molecule has 0 radical (unpaired) electrons. The van der Waals surface area contributed by atoms with Crippen molar-refractivity contribution < 1.29 is 18.7 Å². The highest BCUT2D eigenvalue weighted by atomic mass is 31.2. The Morgan fingerprint density at radius 1 is 1.47 bits per heavy atom. The zero-order valence-electron chi connectivity index (χ0n) is 9.44. The molecule has 0 aromatic heterocycles. The van der Waals surface area contributed by atoms with Gasteiger partial charge in [-0.3, -0.25) is 9.36 Å². The first kappa shape index (κ1) is 13.5. The van der Waals surface area contributed by atoms with Crippen LogP contribution < -0.4 is 5.30 Å². The van der Waals surface area contributed by atoms with Crippen LogP contribution >= 0.6 is 7.37 Å². The van der Waals surface area contributed by atoms with Gasteiger partial charge in [0, 0.05) is 25.0 Å². The molecule has 0 bridgehead atoms. The summed E-state index contributed by atoms with van der Waals surface area (Å²) >= 11 is 0. The molecular formula is C11H13N2O3P. The number of hydrogen-bond acceptors (Lipinski definition) is 3. The van der Waals surface area contributed by atoms with Gasteiger partial charge >= 0.3 is 6.21 Å². The van der Waals surface area contributed by atoms with E-state index in [1.807, 2.05) is 6.07 Å². The maximum atomic E-state index is 12.4. The van der Waals surface area contributed by atoms with Gasteiger partial charge in [-0.2, -0.15) is 4.79 Å². The minimum atomic E-state index is -2.99. The van der Waals surface area contributed by atoms with E-state index in [1.165, 1.54) is 7.11 Å². The molecule has 0 amide bonds. The van der Waals surface area contributed by atoms with Crippen molar-refractivity contribution in [3.05, 3.63) is 35.9 Å². The average molecular weight is 252 g/mol. The van der Waals surface area contributed by atoms with Gasteiger partial charge in [0.25, 0.3) is 0 Å². The number of carbonyl (C=O) groups is 1. The van der Waals surface area contributed by atoms with Crippen molar-refractivity contribution in [2.45, 2.75) is 6.42 Å². The van der Waals surface area contributed by atoms with Crippen LogP contribution in [0, 0.1) is 0 Å². The summed E-state index contributed by atoms with van der Waals surface area (Å²) in [5, 5.41) is 0.580. The Balaban J connectivity index is 2.80. The minimum Gasteiger partial charge on any atom is -0.361 e. The van der Waals surface area contributed by atoms with Crippen LogP contribution in [-0.4, -0.2) is 30.1 Å². The zero-order valence-corrected chi connectivity index (χ0v) is 10.3. The SMILES string of the molecule is COP(=O)(CCC(=O)C=[N+]=[N-])c1ccccc1. The molecule has 5 nitrogen and oxygen atoms in total. The first-order chi connectivity index (χ1) is 8.12. The lowest BCUT2D eigenvalue weighted by atomic mass is 10.3. The van der Waals surface area contributed by atoms with E-state index in [9.17, 15) is 9.36 Å². The molecule has 1 atom stereocenters. The summed E-state index contributed by atoms with van der Waals surface area (Å²) in [4.78, 5) is 13.8. The second-order valence-corrected chi connectivity index (χ2v) is 6.05. The molecule has 0 saturated heterocycles. The monoisotopic (exact) mass is 252 g/mol. The lowest BCUT2D eigenvalue weighted by Crippen LogP contribution is -2.12. The molecule has 0 aliphatic rings. The predicted octanol–water partition coefficient (Wildman–Crippen LogP) is 1.50. The fourth-order valence-electron chi connectivity index (χ4n) is 1.37. The van der Waals surface area contributed by atoms with Crippen molar-refractivity contribution in [2.24, 2.45) is 0 Å². The van der Waals surface area contributed by atoms with Crippen LogP contribution in [-0.2, 0) is 13.9 Å². The molecular weight excluding hydrogens is 239 g/mol. The molecule has 0 spiro atoms. The third-order valence-electron chi connectivity index (χ3n) is 2.30. The largest absolute Gasteiger partial charge is 0.361 e. The number of benzene rings is 1. The van der Waals surface area contributed by atoms with Gasteiger partial charge in [0.1, 0.15) is 0 Å². The minimum absolute atomic E-state index is 0.0179. The zero-order chi connectivity index (χ0) is 12.7. The third kappa shape index (κ3) is 3.75. The first-order valence-electron chi connectivity index (χ1n) is 5.03. The number of nitrogens with zero attached hydrogens (tertiary/aromatic N) is 2.